The summed E-state index contributed by atoms with van der Waals surface area (Å²) in [4.78, 5) is 25.1. The van der Waals surface area contributed by atoms with Crippen molar-refractivity contribution in [2.24, 2.45) is 0 Å². The molecule has 0 spiro atoms. The van der Waals surface area contributed by atoms with Crippen molar-refractivity contribution in [2.75, 3.05) is 13.1 Å². The third kappa shape index (κ3) is 3.83. The molecular formula is C12H22N2O2. The summed E-state index contributed by atoms with van der Waals surface area (Å²) in [5.74, 6) is -0.807. The summed E-state index contributed by atoms with van der Waals surface area (Å²) >= 11 is 0. The lowest BCUT2D eigenvalue weighted by atomic mass is 10.2. The van der Waals surface area contributed by atoms with Crippen LogP contribution < -0.4 is 5.32 Å². The molecule has 1 aliphatic rings. The number of likely N-dealkylation sites (tertiary alicyclic amines) is 1. The molecule has 1 heterocycles. The largest absolute Gasteiger partial charge is 0.345 e. The zero-order valence-electron chi connectivity index (χ0n) is 10.3. The fourth-order valence-electron chi connectivity index (χ4n) is 1.80. The van der Waals surface area contributed by atoms with E-state index in [2.05, 4.69) is 5.32 Å². The highest BCUT2D eigenvalue weighted by atomic mass is 16.2. The van der Waals surface area contributed by atoms with Crippen molar-refractivity contribution >= 4 is 11.8 Å². The molecule has 1 N–H and O–H groups in total. The Morgan fingerprint density at radius 3 is 2.25 bits per heavy atom. The molecular weight excluding hydrogens is 204 g/mol. The summed E-state index contributed by atoms with van der Waals surface area (Å²) in [7, 11) is 0. The monoisotopic (exact) mass is 226 g/mol. The van der Waals surface area contributed by atoms with Crippen LogP contribution in [0.5, 0.6) is 0 Å². The first-order valence-corrected chi connectivity index (χ1v) is 6.25. The van der Waals surface area contributed by atoms with E-state index >= 15 is 0 Å². The number of hydrogen-bond donors (Lipinski definition) is 1. The van der Waals surface area contributed by atoms with Crippen molar-refractivity contribution in [3.8, 4) is 0 Å². The lowest BCUT2D eigenvalue weighted by Gasteiger charge is -2.20. The van der Waals surface area contributed by atoms with Crippen LogP contribution in [0.25, 0.3) is 0 Å². The van der Waals surface area contributed by atoms with Crippen LogP contribution in [-0.2, 0) is 9.59 Å². The van der Waals surface area contributed by atoms with E-state index in [0.29, 0.717) is 0 Å². The van der Waals surface area contributed by atoms with Gasteiger partial charge in [0.1, 0.15) is 0 Å². The van der Waals surface area contributed by atoms with Crippen LogP contribution in [0, 0.1) is 0 Å². The Morgan fingerprint density at radius 2 is 1.75 bits per heavy atom. The third-order valence-electron chi connectivity index (χ3n) is 3.08. The van der Waals surface area contributed by atoms with Gasteiger partial charge in [-0.2, -0.15) is 0 Å². The van der Waals surface area contributed by atoms with Crippen molar-refractivity contribution in [1.29, 1.82) is 0 Å². The van der Waals surface area contributed by atoms with Crippen LogP contribution in [0.2, 0.25) is 0 Å². The molecule has 0 aromatic rings. The average Bonchev–Trinajstić information content (AvgIpc) is 2.56. The Morgan fingerprint density at radius 1 is 1.19 bits per heavy atom. The van der Waals surface area contributed by atoms with Gasteiger partial charge in [0, 0.05) is 19.1 Å². The van der Waals surface area contributed by atoms with Gasteiger partial charge in [-0.3, -0.25) is 9.59 Å². The number of carbonyl (C=O) groups is 2. The van der Waals surface area contributed by atoms with Crippen LogP contribution in [0.4, 0.5) is 0 Å². The van der Waals surface area contributed by atoms with E-state index < -0.39 is 5.91 Å². The summed E-state index contributed by atoms with van der Waals surface area (Å²) in [5.41, 5.74) is 0. The molecule has 1 unspecified atom stereocenters. The molecule has 4 heteroatoms. The smallest absolute Gasteiger partial charge is 0.311 e. The number of hydrogen-bond acceptors (Lipinski definition) is 2. The topological polar surface area (TPSA) is 49.4 Å². The second-order valence-electron chi connectivity index (χ2n) is 4.49. The van der Waals surface area contributed by atoms with Crippen LogP contribution in [0.1, 0.15) is 46.0 Å². The second kappa shape index (κ2) is 6.51. The van der Waals surface area contributed by atoms with Gasteiger partial charge >= 0.3 is 11.8 Å². The predicted molar refractivity (Wildman–Crippen MR) is 62.9 cm³/mol. The van der Waals surface area contributed by atoms with Crippen LogP contribution >= 0.6 is 0 Å². The molecule has 0 saturated carbocycles. The van der Waals surface area contributed by atoms with Crippen molar-refractivity contribution in [1.82, 2.24) is 10.2 Å². The van der Waals surface area contributed by atoms with Crippen molar-refractivity contribution in [3.05, 3.63) is 0 Å². The van der Waals surface area contributed by atoms with Crippen LogP contribution in [0.3, 0.4) is 0 Å². The van der Waals surface area contributed by atoms with E-state index in [0.717, 1.165) is 45.2 Å². The Bertz CT molecular complexity index is 245. The van der Waals surface area contributed by atoms with E-state index in [1.165, 1.54) is 0 Å². The highest BCUT2D eigenvalue weighted by Crippen LogP contribution is 2.09. The average molecular weight is 226 g/mol. The summed E-state index contributed by atoms with van der Waals surface area (Å²) in [5, 5.41) is 2.72. The minimum Gasteiger partial charge on any atom is -0.345 e. The van der Waals surface area contributed by atoms with Gasteiger partial charge in [-0.05, 0) is 26.2 Å². The van der Waals surface area contributed by atoms with Gasteiger partial charge < -0.3 is 10.2 Å². The summed E-state index contributed by atoms with van der Waals surface area (Å²) in [6, 6.07) is 0.0726. The Kier molecular flexibility index (Phi) is 5.29. The maximum Gasteiger partial charge on any atom is 0.311 e. The van der Waals surface area contributed by atoms with Gasteiger partial charge in [0.25, 0.3) is 0 Å². The van der Waals surface area contributed by atoms with Crippen molar-refractivity contribution in [3.63, 3.8) is 0 Å². The molecule has 0 aromatic heterocycles. The molecule has 92 valence electrons. The minimum absolute atomic E-state index is 0.0726. The standard InChI is InChI=1S/C12H22N2O2/c1-3-10(2)13-11(15)12(16)14-8-6-4-5-7-9-14/h10H,3-9H2,1-2H3,(H,13,15). The fraction of sp³-hybridized carbons (Fsp3) is 0.833. The SMILES string of the molecule is CCC(C)NC(=O)C(=O)N1CCCCCC1. The van der Waals surface area contributed by atoms with E-state index in [-0.39, 0.29) is 11.9 Å². The van der Waals surface area contributed by atoms with E-state index in [9.17, 15) is 9.59 Å². The van der Waals surface area contributed by atoms with Gasteiger partial charge in [-0.25, -0.2) is 0 Å². The van der Waals surface area contributed by atoms with E-state index in [1.807, 2.05) is 13.8 Å². The predicted octanol–water partition coefficient (Wildman–Crippen LogP) is 1.30. The molecule has 2 amide bonds. The first-order valence-electron chi connectivity index (χ1n) is 6.25. The lowest BCUT2D eigenvalue weighted by Crippen LogP contribution is -2.46. The lowest BCUT2D eigenvalue weighted by molar-refractivity contribution is -0.146. The maximum absolute atomic E-state index is 11.8. The minimum atomic E-state index is -0.448. The fourth-order valence-corrected chi connectivity index (χ4v) is 1.80. The normalized spacial score (nSPS) is 18.8. The molecule has 1 fully saturated rings. The van der Waals surface area contributed by atoms with Crippen LogP contribution in [0.15, 0.2) is 0 Å². The third-order valence-corrected chi connectivity index (χ3v) is 3.08. The Balaban J connectivity index is 2.45. The van der Waals surface area contributed by atoms with E-state index in [4.69, 9.17) is 0 Å². The molecule has 1 atom stereocenters. The zero-order valence-corrected chi connectivity index (χ0v) is 10.3. The molecule has 1 aliphatic heterocycles. The van der Waals surface area contributed by atoms with Gasteiger partial charge in [0.2, 0.25) is 0 Å². The molecule has 1 rings (SSSR count). The highest BCUT2D eigenvalue weighted by molar-refractivity contribution is 6.35. The van der Waals surface area contributed by atoms with Crippen molar-refractivity contribution < 1.29 is 9.59 Å². The maximum atomic E-state index is 11.8. The molecule has 16 heavy (non-hydrogen) atoms. The van der Waals surface area contributed by atoms with E-state index in [1.54, 1.807) is 4.90 Å². The molecule has 0 aromatic carbocycles. The first kappa shape index (κ1) is 13.0. The number of nitrogens with zero attached hydrogens (tertiary/aromatic N) is 1. The highest BCUT2D eigenvalue weighted by Gasteiger charge is 2.23. The molecule has 4 nitrogen and oxygen atoms in total. The summed E-state index contributed by atoms with van der Waals surface area (Å²) in [6.45, 7) is 5.36. The van der Waals surface area contributed by atoms with Gasteiger partial charge in [-0.1, -0.05) is 19.8 Å². The van der Waals surface area contributed by atoms with Gasteiger partial charge in [0.05, 0.1) is 0 Å². The Hall–Kier alpha value is -1.06. The van der Waals surface area contributed by atoms with Gasteiger partial charge in [0.15, 0.2) is 0 Å². The quantitative estimate of drug-likeness (QED) is 0.722. The Labute approximate surface area is 97.4 Å². The number of amides is 2. The number of nitrogens with one attached hydrogen (secondary N) is 1. The van der Waals surface area contributed by atoms with Gasteiger partial charge in [-0.15, -0.1) is 0 Å². The molecule has 1 saturated heterocycles. The zero-order chi connectivity index (χ0) is 12.0. The van der Waals surface area contributed by atoms with Crippen molar-refractivity contribution in [2.45, 2.75) is 52.0 Å². The number of rotatable bonds is 2. The summed E-state index contributed by atoms with van der Waals surface area (Å²) < 4.78 is 0. The molecule has 0 radical (unpaired) electrons. The van der Waals surface area contributed by atoms with Crippen LogP contribution in [-0.4, -0.2) is 35.8 Å². The summed E-state index contributed by atoms with van der Waals surface area (Å²) in [6.07, 6.45) is 5.21. The second-order valence-corrected chi connectivity index (χ2v) is 4.49. The molecule has 0 aliphatic carbocycles. The number of carbonyl (C=O) groups excluding carboxylic acids is 2. The first-order chi connectivity index (χ1) is 7.65. The molecule has 0 bridgehead atoms.